The van der Waals surface area contributed by atoms with Gasteiger partial charge in [0.05, 0.1) is 6.20 Å². The molecule has 2 fully saturated rings. The zero-order valence-electron chi connectivity index (χ0n) is 11.1. The van der Waals surface area contributed by atoms with Crippen molar-refractivity contribution >= 4 is 22.3 Å². The monoisotopic (exact) mass is 288 g/mol. The van der Waals surface area contributed by atoms with Crippen LogP contribution in [0.15, 0.2) is 18.6 Å². The molecule has 1 aliphatic carbocycles. The normalized spacial score (nSPS) is 19.4. The second-order valence-corrected chi connectivity index (χ2v) is 6.22. The lowest BCUT2D eigenvalue weighted by Crippen LogP contribution is -2.46. The number of hydrogen-bond donors (Lipinski definition) is 0. The van der Waals surface area contributed by atoms with E-state index >= 15 is 0 Å². The van der Waals surface area contributed by atoms with Crippen molar-refractivity contribution in [3.63, 3.8) is 0 Å². The summed E-state index contributed by atoms with van der Waals surface area (Å²) in [5, 5.41) is 11.0. The van der Waals surface area contributed by atoms with Crippen LogP contribution in [0.1, 0.15) is 23.8 Å². The van der Waals surface area contributed by atoms with E-state index in [4.69, 9.17) is 0 Å². The first-order chi connectivity index (χ1) is 9.90. The van der Waals surface area contributed by atoms with Crippen molar-refractivity contribution < 1.29 is 0 Å². The minimum atomic E-state index is 0.696. The van der Waals surface area contributed by atoms with Gasteiger partial charge in [0.15, 0.2) is 0 Å². The van der Waals surface area contributed by atoms with Crippen molar-refractivity contribution in [2.45, 2.75) is 18.8 Å². The Morgan fingerprint density at radius 2 is 1.80 bits per heavy atom. The number of anilines is 2. The molecule has 0 spiro atoms. The van der Waals surface area contributed by atoms with Gasteiger partial charge in [-0.3, -0.25) is 4.98 Å². The van der Waals surface area contributed by atoms with Gasteiger partial charge in [-0.15, -0.1) is 10.2 Å². The van der Waals surface area contributed by atoms with Crippen molar-refractivity contribution in [2.75, 3.05) is 36.0 Å². The Bertz CT molecular complexity index is 574. The zero-order chi connectivity index (χ0) is 13.4. The first-order valence-electron chi connectivity index (χ1n) is 6.99. The van der Waals surface area contributed by atoms with Gasteiger partial charge in [0.1, 0.15) is 10.8 Å². The topological polar surface area (TPSA) is 58.0 Å². The largest absolute Gasteiger partial charge is 0.352 e. The molecule has 2 aromatic heterocycles. The summed E-state index contributed by atoms with van der Waals surface area (Å²) in [4.78, 5) is 13.1. The van der Waals surface area contributed by atoms with E-state index in [1.54, 1.807) is 23.7 Å². The summed E-state index contributed by atoms with van der Waals surface area (Å²) in [5.74, 6) is 1.66. The fourth-order valence-electron chi connectivity index (χ4n) is 2.43. The Morgan fingerprint density at radius 3 is 2.50 bits per heavy atom. The third-order valence-electron chi connectivity index (χ3n) is 3.78. The standard InChI is InChI=1S/C13H16N6S/c1-2-10(1)12-16-17-13(20-12)19-7-5-18(6-8-19)11-9-14-3-4-15-11/h3-4,9-10H,1-2,5-8H2. The van der Waals surface area contributed by atoms with Crippen molar-refractivity contribution in [1.29, 1.82) is 0 Å². The molecule has 2 aromatic rings. The van der Waals surface area contributed by atoms with Gasteiger partial charge in [-0.25, -0.2) is 4.98 Å². The SMILES string of the molecule is c1cnc(N2CCN(c3nnc(C4CC4)s3)CC2)cn1. The lowest BCUT2D eigenvalue weighted by molar-refractivity contribution is 0.642. The fourth-order valence-corrected chi connectivity index (χ4v) is 3.50. The van der Waals surface area contributed by atoms with Crippen LogP contribution in [-0.2, 0) is 0 Å². The lowest BCUT2D eigenvalue weighted by Gasteiger charge is -2.34. The van der Waals surface area contributed by atoms with Crippen LogP contribution < -0.4 is 9.80 Å². The number of piperazine rings is 1. The average Bonchev–Trinajstić information content (AvgIpc) is 3.26. The minimum absolute atomic E-state index is 0.696. The Kier molecular flexibility index (Phi) is 2.99. The third-order valence-corrected chi connectivity index (χ3v) is 4.93. The van der Waals surface area contributed by atoms with Gasteiger partial charge in [-0.2, -0.15) is 0 Å². The Hall–Kier alpha value is -1.76. The van der Waals surface area contributed by atoms with Crippen LogP contribution in [0.2, 0.25) is 0 Å². The molecule has 1 saturated heterocycles. The van der Waals surface area contributed by atoms with Gasteiger partial charge in [0.25, 0.3) is 0 Å². The number of hydrogen-bond acceptors (Lipinski definition) is 7. The summed E-state index contributed by atoms with van der Waals surface area (Å²) < 4.78 is 0. The quantitative estimate of drug-likeness (QED) is 0.854. The second-order valence-electron chi connectivity index (χ2n) is 5.23. The van der Waals surface area contributed by atoms with E-state index in [1.807, 2.05) is 6.20 Å². The van der Waals surface area contributed by atoms with Crippen LogP contribution >= 0.6 is 11.3 Å². The Balaban J connectivity index is 1.41. The summed E-state index contributed by atoms with van der Waals surface area (Å²) in [7, 11) is 0. The van der Waals surface area contributed by atoms with E-state index < -0.39 is 0 Å². The molecule has 2 aliphatic rings. The molecule has 4 rings (SSSR count). The van der Waals surface area contributed by atoms with E-state index in [1.165, 1.54) is 17.8 Å². The zero-order valence-corrected chi connectivity index (χ0v) is 12.0. The summed E-state index contributed by atoms with van der Waals surface area (Å²) >= 11 is 1.76. The molecule has 0 radical (unpaired) electrons. The molecule has 7 heteroatoms. The van der Waals surface area contributed by atoms with Crippen LogP contribution in [0.3, 0.4) is 0 Å². The number of rotatable bonds is 3. The van der Waals surface area contributed by atoms with E-state index in [-0.39, 0.29) is 0 Å². The molecule has 0 amide bonds. The first kappa shape index (κ1) is 12.0. The van der Waals surface area contributed by atoms with E-state index in [2.05, 4.69) is 30.0 Å². The predicted molar refractivity (Wildman–Crippen MR) is 78.3 cm³/mol. The van der Waals surface area contributed by atoms with Crippen molar-refractivity contribution in [3.05, 3.63) is 23.6 Å². The van der Waals surface area contributed by atoms with Crippen molar-refractivity contribution in [1.82, 2.24) is 20.2 Å². The van der Waals surface area contributed by atoms with Gasteiger partial charge < -0.3 is 9.80 Å². The van der Waals surface area contributed by atoms with Crippen LogP contribution in [0.4, 0.5) is 10.9 Å². The molecular weight excluding hydrogens is 272 g/mol. The van der Waals surface area contributed by atoms with Crippen LogP contribution in [0, 0.1) is 0 Å². The second kappa shape index (κ2) is 4.97. The minimum Gasteiger partial charge on any atom is -0.352 e. The highest BCUT2D eigenvalue weighted by Gasteiger charge is 2.29. The van der Waals surface area contributed by atoms with Gasteiger partial charge in [-0.1, -0.05) is 11.3 Å². The summed E-state index contributed by atoms with van der Waals surface area (Å²) in [6, 6.07) is 0. The predicted octanol–water partition coefficient (Wildman–Crippen LogP) is 1.53. The molecule has 0 aromatic carbocycles. The summed E-state index contributed by atoms with van der Waals surface area (Å²) in [5.41, 5.74) is 0. The number of nitrogens with zero attached hydrogens (tertiary/aromatic N) is 6. The van der Waals surface area contributed by atoms with E-state index in [9.17, 15) is 0 Å². The molecule has 1 aliphatic heterocycles. The van der Waals surface area contributed by atoms with Crippen molar-refractivity contribution in [2.24, 2.45) is 0 Å². The lowest BCUT2D eigenvalue weighted by atomic mass is 10.3. The molecule has 3 heterocycles. The molecule has 6 nitrogen and oxygen atoms in total. The highest BCUT2D eigenvalue weighted by molar-refractivity contribution is 7.15. The molecule has 0 N–H and O–H groups in total. The smallest absolute Gasteiger partial charge is 0.208 e. The van der Waals surface area contributed by atoms with Crippen LogP contribution in [-0.4, -0.2) is 46.3 Å². The fraction of sp³-hybridized carbons (Fsp3) is 0.538. The first-order valence-corrected chi connectivity index (χ1v) is 7.81. The molecule has 0 bridgehead atoms. The van der Waals surface area contributed by atoms with E-state index in [0.29, 0.717) is 5.92 Å². The van der Waals surface area contributed by atoms with Crippen LogP contribution in [0.5, 0.6) is 0 Å². The highest BCUT2D eigenvalue weighted by Crippen LogP contribution is 2.42. The maximum absolute atomic E-state index is 4.36. The maximum Gasteiger partial charge on any atom is 0.208 e. The Morgan fingerprint density at radius 1 is 1.00 bits per heavy atom. The molecular formula is C13H16N6S. The summed E-state index contributed by atoms with van der Waals surface area (Å²) in [6.45, 7) is 3.85. The van der Waals surface area contributed by atoms with Gasteiger partial charge >= 0.3 is 0 Å². The van der Waals surface area contributed by atoms with Crippen molar-refractivity contribution in [3.8, 4) is 0 Å². The van der Waals surface area contributed by atoms with Gasteiger partial charge in [-0.05, 0) is 12.8 Å². The molecule has 104 valence electrons. The van der Waals surface area contributed by atoms with Crippen LogP contribution in [0.25, 0.3) is 0 Å². The third kappa shape index (κ3) is 2.33. The van der Waals surface area contributed by atoms with Gasteiger partial charge in [0.2, 0.25) is 5.13 Å². The Labute approximate surface area is 121 Å². The summed E-state index contributed by atoms with van der Waals surface area (Å²) in [6.07, 6.45) is 7.85. The van der Waals surface area contributed by atoms with Gasteiger partial charge in [0, 0.05) is 44.5 Å². The molecule has 20 heavy (non-hydrogen) atoms. The molecule has 0 unspecified atom stereocenters. The number of aromatic nitrogens is 4. The molecule has 0 atom stereocenters. The maximum atomic E-state index is 4.36. The van der Waals surface area contributed by atoms with E-state index in [0.717, 1.165) is 37.1 Å². The highest BCUT2D eigenvalue weighted by atomic mass is 32.1. The molecule has 1 saturated carbocycles. The average molecular weight is 288 g/mol.